The molecule has 0 aliphatic carbocycles. The standard InChI is InChI=1S/C8H9ClN4S/c1-3-6-5(4-13(2)11-6)7-10-8(9)12-14-7/h4H,3H2,1-2H3. The highest BCUT2D eigenvalue weighted by Gasteiger charge is 2.12. The van der Waals surface area contributed by atoms with Crippen molar-refractivity contribution < 1.29 is 0 Å². The van der Waals surface area contributed by atoms with Crippen molar-refractivity contribution in [1.82, 2.24) is 19.1 Å². The molecule has 0 N–H and O–H groups in total. The maximum atomic E-state index is 5.67. The molecule has 14 heavy (non-hydrogen) atoms. The number of aryl methyl sites for hydroxylation is 2. The zero-order chi connectivity index (χ0) is 10.1. The molecule has 2 rings (SSSR count). The summed E-state index contributed by atoms with van der Waals surface area (Å²) in [6, 6.07) is 0. The highest BCUT2D eigenvalue weighted by Crippen LogP contribution is 2.25. The van der Waals surface area contributed by atoms with Crippen molar-refractivity contribution in [1.29, 1.82) is 0 Å². The monoisotopic (exact) mass is 228 g/mol. The fourth-order valence-corrected chi connectivity index (χ4v) is 2.13. The summed E-state index contributed by atoms with van der Waals surface area (Å²) in [7, 11) is 1.89. The first-order valence-electron chi connectivity index (χ1n) is 4.22. The van der Waals surface area contributed by atoms with E-state index in [0.717, 1.165) is 22.7 Å². The summed E-state index contributed by atoms with van der Waals surface area (Å²) in [6.45, 7) is 2.06. The van der Waals surface area contributed by atoms with Crippen LogP contribution in [0.2, 0.25) is 5.28 Å². The fraction of sp³-hybridized carbons (Fsp3) is 0.375. The molecule has 2 heterocycles. The van der Waals surface area contributed by atoms with Crippen LogP contribution in [0.1, 0.15) is 12.6 Å². The van der Waals surface area contributed by atoms with Gasteiger partial charge < -0.3 is 0 Å². The molecule has 2 aromatic rings. The zero-order valence-corrected chi connectivity index (χ0v) is 9.43. The van der Waals surface area contributed by atoms with E-state index >= 15 is 0 Å². The lowest BCUT2D eigenvalue weighted by Gasteiger charge is -1.91. The Morgan fingerprint density at radius 1 is 1.57 bits per heavy atom. The van der Waals surface area contributed by atoms with E-state index in [4.69, 9.17) is 11.6 Å². The molecule has 6 heteroatoms. The summed E-state index contributed by atoms with van der Waals surface area (Å²) in [5, 5.41) is 5.46. The normalized spacial score (nSPS) is 10.8. The predicted molar refractivity (Wildman–Crippen MR) is 56.5 cm³/mol. The van der Waals surface area contributed by atoms with E-state index in [9.17, 15) is 0 Å². The van der Waals surface area contributed by atoms with Gasteiger partial charge in [0, 0.05) is 13.2 Å². The molecule has 0 bridgehead atoms. The van der Waals surface area contributed by atoms with E-state index < -0.39 is 0 Å². The van der Waals surface area contributed by atoms with E-state index in [0.29, 0.717) is 5.28 Å². The first-order chi connectivity index (χ1) is 6.70. The van der Waals surface area contributed by atoms with E-state index in [-0.39, 0.29) is 0 Å². The largest absolute Gasteiger partial charge is 0.275 e. The lowest BCUT2D eigenvalue weighted by atomic mass is 10.2. The van der Waals surface area contributed by atoms with Gasteiger partial charge in [-0.2, -0.15) is 9.47 Å². The number of aromatic nitrogens is 4. The predicted octanol–water partition coefficient (Wildman–Crippen LogP) is 2.15. The van der Waals surface area contributed by atoms with Crippen molar-refractivity contribution in [2.24, 2.45) is 7.05 Å². The molecule has 0 aliphatic heterocycles. The van der Waals surface area contributed by atoms with Crippen molar-refractivity contribution in [2.45, 2.75) is 13.3 Å². The van der Waals surface area contributed by atoms with Crippen LogP contribution in [-0.2, 0) is 13.5 Å². The highest BCUT2D eigenvalue weighted by molar-refractivity contribution is 7.09. The number of rotatable bonds is 2. The van der Waals surface area contributed by atoms with Crippen molar-refractivity contribution in [3.05, 3.63) is 17.2 Å². The number of hydrogen-bond donors (Lipinski definition) is 0. The third kappa shape index (κ3) is 1.65. The summed E-state index contributed by atoms with van der Waals surface area (Å²) in [5.74, 6) is 0. The van der Waals surface area contributed by atoms with Gasteiger partial charge in [0.05, 0.1) is 11.3 Å². The second kappa shape index (κ2) is 3.67. The molecule has 0 aromatic carbocycles. The minimum absolute atomic E-state index is 0.302. The van der Waals surface area contributed by atoms with Crippen LogP contribution in [0.4, 0.5) is 0 Å². The van der Waals surface area contributed by atoms with Gasteiger partial charge >= 0.3 is 0 Å². The molecule has 4 nitrogen and oxygen atoms in total. The Morgan fingerprint density at radius 3 is 2.93 bits per heavy atom. The van der Waals surface area contributed by atoms with Crippen LogP contribution in [0, 0.1) is 0 Å². The molecule has 0 saturated carbocycles. The summed E-state index contributed by atoms with van der Waals surface area (Å²) >= 11 is 6.97. The van der Waals surface area contributed by atoms with Crippen LogP contribution in [0.25, 0.3) is 10.6 Å². The number of halogens is 1. The Kier molecular flexibility index (Phi) is 2.52. The van der Waals surface area contributed by atoms with Gasteiger partial charge in [0.2, 0.25) is 5.28 Å². The Hall–Kier alpha value is -0.940. The van der Waals surface area contributed by atoms with E-state index in [1.165, 1.54) is 11.5 Å². The average molecular weight is 229 g/mol. The Bertz CT molecular complexity index is 448. The van der Waals surface area contributed by atoms with Gasteiger partial charge in [-0.05, 0) is 29.6 Å². The van der Waals surface area contributed by atoms with Gasteiger partial charge in [-0.15, -0.1) is 0 Å². The third-order valence-corrected chi connectivity index (χ3v) is 2.89. The van der Waals surface area contributed by atoms with Crippen LogP contribution in [-0.4, -0.2) is 19.1 Å². The van der Waals surface area contributed by atoms with E-state index in [1.54, 1.807) is 4.68 Å². The van der Waals surface area contributed by atoms with Crippen LogP contribution in [0.15, 0.2) is 6.20 Å². The Balaban J connectivity index is 2.49. The summed E-state index contributed by atoms with van der Waals surface area (Å²) in [6.07, 6.45) is 2.82. The molecule has 0 spiro atoms. The second-order valence-corrected chi connectivity index (χ2v) is 3.98. The van der Waals surface area contributed by atoms with Gasteiger partial charge in [0.15, 0.2) is 0 Å². The first kappa shape index (κ1) is 9.61. The molecule has 74 valence electrons. The molecule has 0 aliphatic rings. The SMILES string of the molecule is CCc1nn(C)cc1-c1nc(Cl)ns1. The maximum Gasteiger partial charge on any atom is 0.234 e. The molecule has 0 radical (unpaired) electrons. The van der Waals surface area contributed by atoms with Crippen LogP contribution >= 0.6 is 23.1 Å². The summed E-state index contributed by atoms with van der Waals surface area (Å²) < 4.78 is 5.72. The Morgan fingerprint density at radius 2 is 2.36 bits per heavy atom. The van der Waals surface area contributed by atoms with E-state index in [2.05, 4.69) is 21.4 Å². The molecule has 0 atom stereocenters. The first-order valence-corrected chi connectivity index (χ1v) is 5.38. The fourth-order valence-electron chi connectivity index (χ4n) is 1.29. The summed E-state index contributed by atoms with van der Waals surface area (Å²) in [5.41, 5.74) is 2.06. The van der Waals surface area contributed by atoms with Crippen LogP contribution in [0.3, 0.4) is 0 Å². The van der Waals surface area contributed by atoms with Crippen molar-refractivity contribution in [3.63, 3.8) is 0 Å². The lowest BCUT2D eigenvalue weighted by molar-refractivity contribution is 0.746. The lowest BCUT2D eigenvalue weighted by Crippen LogP contribution is -1.89. The molecule has 0 amide bonds. The number of nitrogens with zero attached hydrogens (tertiary/aromatic N) is 4. The molecule has 0 unspecified atom stereocenters. The van der Waals surface area contributed by atoms with Crippen LogP contribution < -0.4 is 0 Å². The summed E-state index contributed by atoms with van der Waals surface area (Å²) in [4.78, 5) is 4.12. The van der Waals surface area contributed by atoms with Crippen LogP contribution in [0.5, 0.6) is 0 Å². The van der Waals surface area contributed by atoms with Gasteiger partial charge in [-0.25, -0.2) is 4.98 Å². The van der Waals surface area contributed by atoms with E-state index in [1.807, 2.05) is 13.2 Å². The average Bonchev–Trinajstić information content (AvgIpc) is 2.71. The minimum Gasteiger partial charge on any atom is -0.275 e. The second-order valence-electron chi connectivity index (χ2n) is 2.89. The maximum absolute atomic E-state index is 5.67. The smallest absolute Gasteiger partial charge is 0.234 e. The molecule has 0 fully saturated rings. The van der Waals surface area contributed by atoms with Gasteiger partial charge in [0.25, 0.3) is 0 Å². The highest BCUT2D eigenvalue weighted by atomic mass is 35.5. The third-order valence-electron chi connectivity index (χ3n) is 1.87. The van der Waals surface area contributed by atoms with Gasteiger partial charge in [-0.3, -0.25) is 4.68 Å². The van der Waals surface area contributed by atoms with Crippen molar-refractivity contribution >= 4 is 23.1 Å². The van der Waals surface area contributed by atoms with Crippen molar-refractivity contribution in [3.8, 4) is 10.6 Å². The van der Waals surface area contributed by atoms with Gasteiger partial charge in [-0.1, -0.05) is 6.92 Å². The number of hydrogen-bond acceptors (Lipinski definition) is 4. The Labute approximate surface area is 90.7 Å². The minimum atomic E-state index is 0.302. The molecule has 2 aromatic heterocycles. The molecule has 0 saturated heterocycles. The van der Waals surface area contributed by atoms with Crippen molar-refractivity contribution in [2.75, 3.05) is 0 Å². The molecular formula is C8H9ClN4S. The molecular weight excluding hydrogens is 220 g/mol. The zero-order valence-electron chi connectivity index (χ0n) is 7.86. The van der Waals surface area contributed by atoms with Gasteiger partial charge in [0.1, 0.15) is 5.01 Å². The topological polar surface area (TPSA) is 43.6 Å². The quantitative estimate of drug-likeness (QED) is 0.791.